The summed E-state index contributed by atoms with van der Waals surface area (Å²) in [4.78, 5) is 18.6. The quantitative estimate of drug-likeness (QED) is 0.769. The van der Waals surface area contributed by atoms with E-state index in [0.29, 0.717) is 37.3 Å². The minimum Gasteiger partial charge on any atom is -0.342 e. The molecule has 0 radical (unpaired) electrons. The van der Waals surface area contributed by atoms with Crippen LogP contribution >= 0.6 is 0 Å². The molecular weight excluding hydrogens is 345 g/mol. The summed E-state index contributed by atoms with van der Waals surface area (Å²) in [6, 6.07) is 2.66. The highest BCUT2D eigenvalue weighted by Crippen LogP contribution is 2.34. The molecular formula is C18H23F3N4O. The van der Waals surface area contributed by atoms with Crippen molar-refractivity contribution in [1.29, 1.82) is 0 Å². The fourth-order valence-corrected chi connectivity index (χ4v) is 3.37. The van der Waals surface area contributed by atoms with Crippen LogP contribution in [0.3, 0.4) is 0 Å². The second-order valence-corrected chi connectivity index (χ2v) is 7.94. The van der Waals surface area contributed by atoms with Gasteiger partial charge in [0.2, 0.25) is 5.91 Å². The van der Waals surface area contributed by atoms with Crippen molar-refractivity contribution in [3.8, 4) is 0 Å². The number of halogens is 3. The van der Waals surface area contributed by atoms with Crippen LogP contribution in [0.25, 0.3) is 5.65 Å². The Hall–Kier alpha value is -2.12. The number of aromatic nitrogens is 3. The largest absolute Gasteiger partial charge is 0.433 e. The number of hydrogen-bond acceptors (Lipinski definition) is 3. The summed E-state index contributed by atoms with van der Waals surface area (Å²) in [6.45, 7) is 8.32. The summed E-state index contributed by atoms with van der Waals surface area (Å²) in [5.74, 6) is -0.0259. The van der Waals surface area contributed by atoms with Gasteiger partial charge in [0.25, 0.3) is 0 Å². The number of aryl methyl sites for hydroxylation is 1. The van der Waals surface area contributed by atoms with Crippen molar-refractivity contribution >= 4 is 11.6 Å². The fourth-order valence-electron chi connectivity index (χ4n) is 3.37. The first-order chi connectivity index (χ1) is 12.0. The lowest BCUT2D eigenvalue weighted by Crippen LogP contribution is -2.43. The van der Waals surface area contributed by atoms with Crippen molar-refractivity contribution in [3.63, 3.8) is 0 Å². The number of amides is 1. The Morgan fingerprint density at radius 3 is 2.31 bits per heavy atom. The highest BCUT2D eigenvalue weighted by atomic mass is 19.4. The van der Waals surface area contributed by atoms with Crippen molar-refractivity contribution in [2.45, 2.75) is 52.6 Å². The van der Waals surface area contributed by atoms with Gasteiger partial charge in [0.05, 0.1) is 5.69 Å². The molecule has 0 unspecified atom stereocenters. The molecule has 8 heteroatoms. The molecule has 0 aliphatic carbocycles. The molecule has 2 aromatic rings. The van der Waals surface area contributed by atoms with Crippen LogP contribution in [-0.4, -0.2) is 38.5 Å². The SMILES string of the molecule is Cc1cc2nc(C3CCN(C(=O)C(C)(C)C)CC3)cc(C(F)(F)F)n2n1. The van der Waals surface area contributed by atoms with Gasteiger partial charge in [0, 0.05) is 36.2 Å². The van der Waals surface area contributed by atoms with Crippen LogP contribution in [0.15, 0.2) is 12.1 Å². The van der Waals surface area contributed by atoms with E-state index in [1.54, 1.807) is 17.9 Å². The number of carbonyl (C=O) groups excluding carboxylic acids is 1. The fraction of sp³-hybridized carbons (Fsp3) is 0.611. The van der Waals surface area contributed by atoms with Gasteiger partial charge in [-0.05, 0) is 25.8 Å². The molecule has 3 rings (SSSR count). The van der Waals surface area contributed by atoms with Crippen molar-refractivity contribution in [3.05, 3.63) is 29.2 Å². The zero-order chi connectivity index (χ0) is 19.3. The van der Waals surface area contributed by atoms with Gasteiger partial charge in [-0.2, -0.15) is 18.3 Å². The lowest BCUT2D eigenvalue weighted by molar-refractivity contribution is -0.142. The van der Waals surface area contributed by atoms with Crippen LogP contribution in [0.5, 0.6) is 0 Å². The minimum absolute atomic E-state index is 0.0711. The number of fused-ring (bicyclic) bond motifs is 1. The van der Waals surface area contributed by atoms with Crippen molar-refractivity contribution in [1.82, 2.24) is 19.5 Å². The van der Waals surface area contributed by atoms with E-state index in [-0.39, 0.29) is 17.5 Å². The van der Waals surface area contributed by atoms with Gasteiger partial charge in [-0.15, -0.1) is 0 Å². The van der Waals surface area contributed by atoms with Crippen LogP contribution in [0.1, 0.15) is 56.6 Å². The maximum Gasteiger partial charge on any atom is 0.433 e. The minimum atomic E-state index is -4.50. The molecule has 2 aromatic heterocycles. The van der Waals surface area contributed by atoms with E-state index in [0.717, 1.165) is 10.6 Å². The molecule has 1 fully saturated rings. The second kappa shape index (κ2) is 6.25. The number of alkyl halides is 3. The maximum absolute atomic E-state index is 13.4. The van der Waals surface area contributed by atoms with Gasteiger partial charge in [0.1, 0.15) is 5.69 Å². The van der Waals surface area contributed by atoms with Crippen molar-refractivity contribution in [2.24, 2.45) is 5.41 Å². The third-order valence-corrected chi connectivity index (χ3v) is 4.70. The normalized spacial score (nSPS) is 17.1. The molecule has 1 aliphatic rings. The van der Waals surface area contributed by atoms with Gasteiger partial charge >= 0.3 is 6.18 Å². The average molecular weight is 368 g/mol. The van der Waals surface area contributed by atoms with Gasteiger partial charge in [-0.25, -0.2) is 9.50 Å². The predicted octanol–water partition coefficient (Wildman–Crippen LogP) is 3.81. The number of carbonyl (C=O) groups is 1. The van der Waals surface area contributed by atoms with Crippen molar-refractivity contribution < 1.29 is 18.0 Å². The molecule has 1 amide bonds. The van der Waals surface area contributed by atoms with E-state index in [9.17, 15) is 18.0 Å². The summed E-state index contributed by atoms with van der Waals surface area (Å²) in [5, 5.41) is 3.91. The lowest BCUT2D eigenvalue weighted by atomic mass is 9.89. The number of nitrogens with zero attached hydrogens (tertiary/aromatic N) is 4. The average Bonchev–Trinajstić information content (AvgIpc) is 2.91. The van der Waals surface area contributed by atoms with Crippen LogP contribution in [0, 0.1) is 12.3 Å². The summed E-state index contributed by atoms with van der Waals surface area (Å²) >= 11 is 0. The smallest absolute Gasteiger partial charge is 0.342 e. The Morgan fingerprint density at radius 1 is 1.15 bits per heavy atom. The third kappa shape index (κ3) is 3.54. The molecule has 142 valence electrons. The van der Waals surface area contributed by atoms with Gasteiger partial charge < -0.3 is 4.90 Å². The molecule has 1 saturated heterocycles. The highest BCUT2D eigenvalue weighted by Gasteiger charge is 2.37. The van der Waals surface area contributed by atoms with E-state index >= 15 is 0 Å². The molecule has 26 heavy (non-hydrogen) atoms. The Bertz CT molecular complexity index is 827. The maximum atomic E-state index is 13.4. The number of hydrogen-bond donors (Lipinski definition) is 0. The number of piperidine rings is 1. The predicted molar refractivity (Wildman–Crippen MR) is 90.7 cm³/mol. The Labute approximate surface area is 150 Å². The van der Waals surface area contributed by atoms with E-state index in [4.69, 9.17) is 0 Å². The van der Waals surface area contributed by atoms with Crippen molar-refractivity contribution in [2.75, 3.05) is 13.1 Å². The third-order valence-electron chi connectivity index (χ3n) is 4.70. The molecule has 5 nitrogen and oxygen atoms in total. The molecule has 3 heterocycles. The monoisotopic (exact) mass is 368 g/mol. The van der Waals surface area contributed by atoms with Gasteiger partial charge in [0.15, 0.2) is 5.65 Å². The molecule has 0 atom stereocenters. The zero-order valence-electron chi connectivity index (χ0n) is 15.4. The molecule has 0 spiro atoms. The number of likely N-dealkylation sites (tertiary alicyclic amines) is 1. The van der Waals surface area contributed by atoms with E-state index in [1.807, 2.05) is 20.8 Å². The Balaban J connectivity index is 1.87. The molecule has 0 bridgehead atoms. The van der Waals surface area contributed by atoms with E-state index in [1.165, 1.54) is 0 Å². The Morgan fingerprint density at radius 2 is 1.77 bits per heavy atom. The van der Waals surface area contributed by atoms with Gasteiger partial charge in [-0.1, -0.05) is 20.8 Å². The molecule has 0 N–H and O–H groups in total. The summed E-state index contributed by atoms with van der Waals surface area (Å²) < 4.78 is 41.2. The lowest BCUT2D eigenvalue weighted by Gasteiger charge is -2.35. The summed E-state index contributed by atoms with van der Waals surface area (Å²) in [7, 11) is 0. The molecule has 0 aromatic carbocycles. The first kappa shape index (κ1) is 18.7. The first-order valence-corrected chi connectivity index (χ1v) is 8.71. The highest BCUT2D eigenvalue weighted by molar-refractivity contribution is 5.81. The standard InChI is InChI=1S/C18H23F3N4O/c1-11-9-15-22-13(10-14(18(19,20)21)25(15)23-11)12-5-7-24(8-6-12)16(26)17(2,3)4/h9-10,12H,5-8H2,1-4H3. The van der Waals surface area contributed by atoms with E-state index < -0.39 is 17.3 Å². The van der Waals surface area contributed by atoms with Crippen LogP contribution in [0.4, 0.5) is 13.2 Å². The topological polar surface area (TPSA) is 50.5 Å². The van der Waals surface area contributed by atoms with Crippen LogP contribution in [-0.2, 0) is 11.0 Å². The second-order valence-electron chi connectivity index (χ2n) is 7.94. The molecule has 0 saturated carbocycles. The first-order valence-electron chi connectivity index (χ1n) is 8.71. The van der Waals surface area contributed by atoms with Gasteiger partial charge in [-0.3, -0.25) is 4.79 Å². The Kier molecular flexibility index (Phi) is 4.48. The van der Waals surface area contributed by atoms with E-state index in [2.05, 4.69) is 10.1 Å². The zero-order valence-corrected chi connectivity index (χ0v) is 15.4. The number of rotatable bonds is 1. The summed E-state index contributed by atoms with van der Waals surface area (Å²) in [5.41, 5.74) is -0.139. The van der Waals surface area contributed by atoms with Crippen LogP contribution < -0.4 is 0 Å². The summed E-state index contributed by atoms with van der Waals surface area (Å²) in [6.07, 6.45) is -3.29. The van der Waals surface area contributed by atoms with Crippen LogP contribution in [0.2, 0.25) is 0 Å². The molecule has 1 aliphatic heterocycles.